The molecule has 1 atom stereocenters. The van der Waals surface area contributed by atoms with Crippen LogP contribution in [0.15, 0.2) is 36.7 Å². The van der Waals surface area contributed by atoms with Crippen LogP contribution in [0.2, 0.25) is 0 Å². The first-order chi connectivity index (χ1) is 10.2. The first kappa shape index (κ1) is 15.6. The quantitative estimate of drug-likeness (QED) is 0.809. The van der Waals surface area contributed by atoms with Gasteiger partial charge in [-0.25, -0.2) is 0 Å². The van der Waals surface area contributed by atoms with Crippen molar-refractivity contribution in [2.45, 2.75) is 39.8 Å². The second-order valence-corrected chi connectivity index (χ2v) is 5.37. The van der Waals surface area contributed by atoms with Crippen molar-refractivity contribution >= 4 is 0 Å². The maximum atomic E-state index is 5.60. The second kappa shape index (κ2) is 7.84. The zero-order valence-electron chi connectivity index (χ0n) is 13.2. The molecule has 1 aromatic heterocycles. The fourth-order valence-electron chi connectivity index (χ4n) is 2.18. The summed E-state index contributed by atoms with van der Waals surface area (Å²) in [5.41, 5.74) is 2.47. The van der Waals surface area contributed by atoms with E-state index >= 15 is 0 Å². The van der Waals surface area contributed by atoms with Gasteiger partial charge in [0.05, 0.1) is 19.3 Å². The van der Waals surface area contributed by atoms with E-state index in [9.17, 15) is 0 Å². The number of hydrogen-bond donors (Lipinski definition) is 1. The van der Waals surface area contributed by atoms with Crippen LogP contribution in [0.3, 0.4) is 0 Å². The van der Waals surface area contributed by atoms with Gasteiger partial charge in [-0.3, -0.25) is 4.68 Å². The molecule has 0 saturated carbocycles. The summed E-state index contributed by atoms with van der Waals surface area (Å²) in [6.07, 6.45) is 4.98. The second-order valence-electron chi connectivity index (χ2n) is 5.37. The summed E-state index contributed by atoms with van der Waals surface area (Å²) in [7, 11) is 0. The molecule has 21 heavy (non-hydrogen) atoms. The average molecular weight is 287 g/mol. The molecular weight excluding hydrogens is 262 g/mol. The van der Waals surface area contributed by atoms with Gasteiger partial charge in [-0.2, -0.15) is 5.10 Å². The van der Waals surface area contributed by atoms with Gasteiger partial charge >= 0.3 is 0 Å². The van der Waals surface area contributed by atoms with E-state index in [1.165, 1.54) is 11.1 Å². The molecule has 4 heteroatoms. The zero-order chi connectivity index (χ0) is 15.1. The van der Waals surface area contributed by atoms with E-state index in [0.717, 1.165) is 31.9 Å². The fourth-order valence-corrected chi connectivity index (χ4v) is 2.18. The van der Waals surface area contributed by atoms with Crippen molar-refractivity contribution in [3.8, 4) is 5.75 Å². The van der Waals surface area contributed by atoms with Crippen LogP contribution in [0, 0.1) is 6.92 Å². The minimum absolute atomic E-state index is 0.321. The van der Waals surface area contributed by atoms with Gasteiger partial charge in [-0.05, 0) is 43.5 Å². The van der Waals surface area contributed by atoms with Crippen molar-refractivity contribution in [1.82, 2.24) is 15.1 Å². The van der Waals surface area contributed by atoms with E-state index in [-0.39, 0.29) is 0 Å². The highest BCUT2D eigenvalue weighted by Crippen LogP contribution is 2.17. The van der Waals surface area contributed by atoms with Crippen LogP contribution in [0.1, 0.15) is 37.4 Å². The highest BCUT2D eigenvalue weighted by Gasteiger charge is 2.05. The van der Waals surface area contributed by atoms with Gasteiger partial charge < -0.3 is 10.1 Å². The van der Waals surface area contributed by atoms with Gasteiger partial charge in [0.25, 0.3) is 0 Å². The predicted molar refractivity (Wildman–Crippen MR) is 85.6 cm³/mol. The van der Waals surface area contributed by atoms with E-state index in [1.807, 2.05) is 23.0 Å². The minimum atomic E-state index is 0.321. The lowest BCUT2D eigenvalue weighted by Crippen LogP contribution is -2.23. The van der Waals surface area contributed by atoms with Crippen molar-refractivity contribution in [3.63, 3.8) is 0 Å². The van der Waals surface area contributed by atoms with Gasteiger partial charge in [0.2, 0.25) is 0 Å². The largest absolute Gasteiger partial charge is 0.494 e. The minimum Gasteiger partial charge on any atom is -0.494 e. The monoisotopic (exact) mass is 287 g/mol. The molecule has 1 aromatic carbocycles. The average Bonchev–Trinajstić information content (AvgIpc) is 2.91. The van der Waals surface area contributed by atoms with Gasteiger partial charge in [0.1, 0.15) is 5.75 Å². The first-order valence-electron chi connectivity index (χ1n) is 7.64. The van der Waals surface area contributed by atoms with Gasteiger partial charge in [0.15, 0.2) is 0 Å². The number of nitrogens with zero attached hydrogens (tertiary/aromatic N) is 2. The molecule has 0 fully saturated rings. The molecule has 0 aliphatic heterocycles. The molecular formula is C17H25N3O. The Balaban J connectivity index is 1.78. The fraction of sp³-hybridized carbons (Fsp3) is 0.471. The highest BCUT2D eigenvalue weighted by atomic mass is 16.5. The lowest BCUT2D eigenvalue weighted by Gasteiger charge is -2.15. The van der Waals surface area contributed by atoms with Crippen molar-refractivity contribution < 1.29 is 4.74 Å². The highest BCUT2D eigenvalue weighted by molar-refractivity contribution is 5.28. The molecule has 4 nitrogen and oxygen atoms in total. The summed E-state index contributed by atoms with van der Waals surface area (Å²) >= 11 is 0. The molecule has 114 valence electrons. The molecule has 0 aliphatic rings. The number of benzene rings is 1. The Morgan fingerprint density at radius 3 is 2.67 bits per heavy atom. The smallest absolute Gasteiger partial charge is 0.119 e. The summed E-state index contributed by atoms with van der Waals surface area (Å²) in [5.74, 6) is 0.944. The Morgan fingerprint density at radius 2 is 2.05 bits per heavy atom. The molecule has 1 heterocycles. The SMILES string of the molecule is CCCOc1ccc(C(C)NCCn2cc(C)cn2)cc1. The Morgan fingerprint density at radius 1 is 1.29 bits per heavy atom. The summed E-state index contributed by atoms with van der Waals surface area (Å²) in [6.45, 7) is 8.90. The summed E-state index contributed by atoms with van der Waals surface area (Å²) < 4.78 is 7.57. The number of ether oxygens (including phenoxy) is 1. The summed E-state index contributed by atoms with van der Waals surface area (Å²) in [6, 6.07) is 8.66. The number of aromatic nitrogens is 2. The standard InChI is InChI=1S/C17H25N3O/c1-4-11-21-17-7-5-16(6-8-17)15(3)18-9-10-20-13-14(2)12-19-20/h5-8,12-13,15,18H,4,9-11H2,1-3H3. The Kier molecular flexibility index (Phi) is 5.81. The van der Waals surface area contributed by atoms with Crippen LogP contribution < -0.4 is 10.1 Å². The third kappa shape index (κ3) is 4.90. The molecule has 0 spiro atoms. The van der Waals surface area contributed by atoms with Crippen LogP contribution in [-0.4, -0.2) is 22.9 Å². The summed E-state index contributed by atoms with van der Waals surface area (Å²) in [5, 5.41) is 7.80. The van der Waals surface area contributed by atoms with E-state index in [2.05, 4.69) is 49.5 Å². The summed E-state index contributed by atoms with van der Waals surface area (Å²) in [4.78, 5) is 0. The number of aryl methyl sites for hydroxylation is 1. The number of nitrogens with one attached hydrogen (secondary N) is 1. The van der Waals surface area contributed by atoms with E-state index in [1.54, 1.807) is 0 Å². The van der Waals surface area contributed by atoms with Gasteiger partial charge in [-0.15, -0.1) is 0 Å². The van der Waals surface area contributed by atoms with E-state index in [0.29, 0.717) is 6.04 Å². The Labute approximate surface area is 127 Å². The van der Waals surface area contributed by atoms with Crippen LogP contribution in [-0.2, 0) is 6.54 Å². The first-order valence-corrected chi connectivity index (χ1v) is 7.64. The van der Waals surface area contributed by atoms with Crippen molar-refractivity contribution in [1.29, 1.82) is 0 Å². The molecule has 0 amide bonds. The lowest BCUT2D eigenvalue weighted by atomic mass is 10.1. The van der Waals surface area contributed by atoms with Gasteiger partial charge in [-0.1, -0.05) is 19.1 Å². The molecule has 2 aromatic rings. The predicted octanol–water partition coefficient (Wildman–Crippen LogP) is 3.33. The molecule has 1 N–H and O–H groups in total. The molecule has 1 unspecified atom stereocenters. The molecule has 2 rings (SSSR count). The van der Waals surface area contributed by atoms with Crippen LogP contribution in [0.25, 0.3) is 0 Å². The lowest BCUT2D eigenvalue weighted by molar-refractivity contribution is 0.317. The number of hydrogen-bond acceptors (Lipinski definition) is 3. The number of rotatable bonds is 8. The Bertz CT molecular complexity index is 533. The van der Waals surface area contributed by atoms with Crippen LogP contribution in [0.4, 0.5) is 0 Å². The van der Waals surface area contributed by atoms with Gasteiger partial charge in [0, 0.05) is 18.8 Å². The van der Waals surface area contributed by atoms with Crippen molar-refractivity contribution in [2.75, 3.05) is 13.2 Å². The zero-order valence-corrected chi connectivity index (χ0v) is 13.2. The van der Waals surface area contributed by atoms with E-state index in [4.69, 9.17) is 4.74 Å². The van der Waals surface area contributed by atoms with Crippen LogP contribution >= 0.6 is 0 Å². The third-order valence-electron chi connectivity index (χ3n) is 3.41. The van der Waals surface area contributed by atoms with Crippen molar-refractivity contribution in [2.24, 2.45) is 0 Å². The molecule has 0 saturated heterocycles. The van der Waals surface area contributed by atoms with E-state index < -0.39 is 0 Å². The van der Waals surface area contributed by atoms with Crippen molar-refractivity contribution in [3.05, 3.63) is 47.8 Å². The normalized spacial score (nSPS) is 12.3. The maximum Gasteiger partial charge on any atom is 0.119 e. The third-order valence-corrected chi connectivity index (χ3v) is 3.41. The Hall–Kier alpha value is -1.81. The van der Waals surface area contributed by atoms with Crippen LogP contribution in [0.5, 0.6) is 5.75 Å². The topological polar surface area (TPSA) is 39.1 Å². The molecule has 0 aliphatic carbocycles. The molecule has 0 bridgehead atoms. The molecule has 0 radical (unpaired) electrons. The maximum absolute atomic E-state index is 5.60.